The number of furan rings is 1. The summed E-state index contributed by atoms with van der Waals surface area (Å²) in [7, 11) is -3.48. The van der Waals surface area contributed by atoms with E-state index < -0.39 is 27.8 Å². The number of rotatable bonds is 9. The highest BCUT2D eigenvalue weighted by atomic mass is 35.5. The highest BCUT2D eigenvalue weighted by molar-refractivity contribution is 7.90. The Morgan fingerprint density at radius 1 is 1.03 bits per heavy atom. The molecule has 9 nitrogen and oxygen atoms in total. The van der Waals surface area contributed by atoms with Gasteiger partial charge in [-0.1, -0.05) is 29.8 Å². The third-order valence-corrected chi connectivity index (χ3v) is 7.62. The molecule has 0 saturated heterocycles. The Labute approximate surface area is 229 Å². The van der Waals surface area contributed by atoms with Crippen LogP contribution in [0.5, 0.6) is 0 Å². The number of carbonyl (C=O) groups is 3. The lowest BCUT2D eigenvalue weighted by atomic mass is 9.97. The Bertz CT molecular complexity index is 1680. The second-order valence-electron chi connectivity index (χ2n) is 9.04. The van der Waals surface area contributed by atoms with Gasteiger partial charge in [0, 0.05) is 18.2 Å². The molecule has 4 rings (SSSR count). The molecule has 0 saturated carbocycles. The second-order valence-corrected chi connectivity index (χ2v) is 11.5. The van der Waals surface area contributed by atoms with Crippen LogP contribution in [-0.2, 0) is 27.6 Å². The van der Waals surface area contributed by atoms with Gasteiger partial charge in [0.1, 0.15) is 11.8 Å². The van der Waals surface area contributed by atoms with Gasteiger partial charge in [-0.3, -0.25) is 9.59 Å². The van der Waals surface area contributed by atoms with Gasteiger partial charge in [0.15, 0.2) is 9.84 Å². The van der Waals surface area contributed by atoms with E-state index in [-0.39, 0.29) is 34.4 Å². The monoisotopic (exact) mass is 568 g/mol. The smallest absolute Gasteiger partial charge is 0.326 e. The van der Waals surface area contributed by atoms with E-state index >= 15 is 0 Å². The summed E-state index contributed by atoms with van der Waals surface area (Å²) in [5.74, 6) is -1.67. The van der Waals surface area contributed by atoms with E-state index in [4.69, 9.17) is 16.0 Å². The van der Waals surface area contributed by atoms with Crippen molar-refractivity contribution in [1.29, 1.82) is 0 Å². The summed E-state index contributed by atoms with van der Waals surface area (Å²) < 4.78 is 28.9. The quantitative estimate of drug-likeness (QED) is 0.275. The van der Waals surface area contributed by atoms with Crippen molar-refractivity contribution in [3.8, 4) is 0 Å². The predicted molar refractivity (Wildman–Crippen MR) is 146 cm³/mol. The molecular weight excluding hydrogens is 544 g/mol. The molecule has 1 atom stereocenters. The molecular formula is C28H25ClN2O7S. The maximum absolute atomic E-state index is 13.2. The van der Waals surface area contributed by atoms with E-state index in [1.807, 2.05) is 0 Å². The maximum atomic E-state index is 13.2. The van der Waals surface area contributed by atoms with E-state index in [2.05, 4.69) is 10.6 Å². The number of fused-ring (bicyclic) bond motifs is 1. The van der Waals surface area contributed by atoms with E-state index in [0.717, 1.165) is 6.26 Å². The van der Waals surface area contributed by atoms with Gasteiger partial charge in [-0.15, -0.1) is 0 Å². The number of benzene rings is 3. The third-order valence-electron chi connectivity index (χ3n) is 6.21. The number of aliphatic carboxylic acids is 1. The van der Waals surface area contributed by atoms with Crippen LogP contribution in [0.4, 0.5) is 0 Å². The Morgan fingerprint density at radius 2 is 1.79 bits per heavy atom. The average molecular weight is 569 g/mol. The number of sulfone groups is 1. The zero-order valence-electron chi connectivity index (χ0n) is 21.0. The summed E-state index contributed by atoms with van der Waals surface area (Å²) in [5.41, 5.74) is 1.45. The molecule has 202 valence electrons. The maximum Gasteiger partial charge on any atom is 0.326 e. The standard InChI is InChI=1S/C28H25ClN2O7S/c1-16-22-9-8-18(26(32)30-15-20-6-4-10-38-20)13-19(22)14-23(29)25(16)27(33)31-24(28(34)35)12-17-5-3-7-21(11-17)39(2,36)37/h3-11,13-14,24H,12,15H2,1-2H3,(H,30,32)(H,31,33)(H,34,35)/t24-/m0/s1. The van der Waals surface area contributed by atoms with Crippen LogP contribution in [0.15, 0.2) is 76.2 Å². The van der Waals surface area contributed by atoms with Crippen LogP contribution in [0.1, 0.15) is 37.6 Å². The van der Waals surface area contributed by atoms with Crippen LogP contribution in [0.3, 0.4) is 0 Å². The Morgan fingerprint density at radius 3 is 2.46 bits per heavy atom. The SMILES string of the molecule is Cc1c(C(=O)N[C@@H](Cc2cccc(S(C)(=O)=O)c2)C(=O)O)c(Cl)cc2cc(C(=O)NCc3ccco3)ccc12. The van der Waals surface area contributed by atoms with Gasteiger partial charge in [0.25, 0.3) is 11.8 Å². The lowest BCUT2D eigenvalue weighted by molar-refractivity contribution is -0.139. The fraction of sp³-hybridized carbons (Fsp3) is 0.179. The summed E-state index contributed by atoms with van der Waals surface area (Å²) in [6, 6.07) is 14.6. The average Bonchev–Trinajstić information content (AvgIpc) is 3.40. The van der Waals surface area contributed by atoms with Crippen LogP contribution in [0.25, 0.3) is 10.8 Å². The molecule has 11 heteroatoms. The minimum Gasteiger partial charge on any atom is -0.480 e. The van der Waals surface area contributed by atoms with Gasteiger partial charge in [-0.2, -0.15) is 0 Å². The molecule has 39 heavy (non-hydrogen) atoms. The number of nitrogens with one attached hydrogen (secondary N) is 2. The summed E-state index contributed by atoms with van der Waals surface area (Å²) in [6.07, 6.45) is 2.44. The molecule has 0 bridgehead atoms. The van der Waals surface area contributed by atoms with Gasteiger partial charge in [0.05, 0.1) is 28.3 Å². The highest BCUT2D eigenvalue weighted by Gasteiger charge is 2.25. The fourth-order valence-corrected chi connectivity index (χ4v) is 5.25. The number of amides is 2. The van der Waals surface area contributed by atoms with Crippen LogP contribution in [0.2, 0.25) is 5.02 Å². The number of carboxylic acids is 1. The molecule has 2 amide bonds. The van der Waals surface area contributed by atoms with Gasteiger partial charge >= 0.3 is 5.97 Å². The zero-order chi connectivity index (χ0) is 28.3. The van der Waals surface area contributed by atoms with Crippen LogP contribution in [-0.4, -0.2) is 43.6 Å². The molecule has 0 fully saturated rings. The molecule has 3 N–H and O–H groups in total. The number of hydrogen-bond donors (Lipinski definition) is 3. The minimum absolute atomic E-state index is 0.0536. The van der Waals surface area contributed by atoms with Crippen LogP contribution >= 0.6 is 11.6 Å². The molecule has 0 spiro atoms. The molecule has 1 heterocycles. The van der Waals surface area contributed by atoms with Crippen molar-refractivity contribution < 1.29 is 32.3 Å². The lowest BCUT2D eigenvalue weighted by Crippen LogP contribution is -2.42. The third kappa shape index (κ3) is 6.47. The highest BCUT2D eigenvalue weighted by Crippen LogP contribution is 2.30. The van der Waals surface area contributed by atoms with Gasteiger partial charge in [-0.05, 0) is 71.3 Å². The van der Waals surface area contributed by atoms with Crippen LogP contribution < -0.4 is 10.6 Å². The topological polar surface area (TPSA) is 143 Å². The molecule has 0 aliphatic carbocycles. The molecule has 0 radical (unpaired) electrons. The van der Waals surface area contributed by atoms with E-state index in [1.165, 1.54) is 24.5 Å². The van der Waals surface area contributed by atoms with E-state index in [1.54, 1.807) is 49.4 Å². The normalized spacial score (nSPS) is 12.2. The van der Waals surface area contributed by atoms with Crippen molar-refractivity contribution in [2.24, 2.45) is 0 Å². The van der Waals surface area contributed by atoms with Crippen molar-refractivity contribution >= 4 is 50.0 Å². The molecule has 1 aromatic heterocycles. The molecule has 0 aliphatic rings. The summed E-state index contributed by atoms with van der Waals surface area (Å²) in [6.45, 7) is 1.91. The predicted octanol–water partition coefficient (Wildman–Crippen LogP) is 4.15. The molecule has 0 aliphatic heterocycles. The first-order valence-electron chi connectivity index (χ1n) is 11.8. The Kier molecular flexibility index (Phi) is 8.08. The number of hydrogen-bond acceptors (Lipinski definition) is 6. The van der Waals surface area contributed by atoms with Crippen molar-refractivity contribution in [3.63, 3.8) is 0 Å². The first-order valence-corrected chi connectivity index (χ1v) is 14.1. The molecule has 0 unspecified atom stereocenters. The van der Waals surface area contributed by atoms with Gasteiger partial charge in [0.2, 0.25) is 0 Å². The lowest BCUT2D eigenvalue weighted by Gasteiger charge is -2.18. The fourth-order valence-electron chi connectivity index (χ4n) is 4.22. The first kappa shape index (κ1) is 27.9. The summed E-state index contributed by atoms with van der Waals surface area (Å²) >= 11 is 6.47. The van der Waals surface area contributed by atoms with Crippen molar-refractivity contribution in [2.75, 3.05) is 6.26 Å². The van der Waals surface area contributed by atoms with Gasteiger partial charge in [-0.25, -0.2) is 13.2 Å². The zero-order valence-corrected chi connectivity index (χ0v) is 22.6. The van der Waals surface area contributed by atoms with Crippen molar-refractivity contribution in [1.82, 2.24) is 10.6 Å². The Hall–Kier alpha value is -4.15. The van der Waals surface area contributed by atoms with E-state index in [9.17, 15) is 27.9 Å². The first-order chi connectivity index (χ1) is 18.4. The number of carboxylic acid groups (broad SMARTS) is 1. The largest absolute Gasteiger partial charge is 0.480 e. The number of halogens is 1. The second kappa shape index (κ2) is 11.3. The van der Waals surface area contributed by atoms with Crippen LogP contribution in [0, 0.1) is 6.92 Å². The summed E-state index contributed by atoms with van der Waals surface area (Å²) in [4.78, 5) is 37.8. The summed E-state index contributed by atoms with van der Waals surface area (Å²) in [5, 5.41) is 16.4. The molecule has 3 aromatic carbocycles. The van der Waals surface area contributed by atoms with Crippen molar-refractivity contribution in [3.05, 3.63) is 100.0 Å². The van der Waals surface area contributed by atoms with Gasteiger partial charge < -0.3 is 20.2 Å². The van der Waals surface area contributed by atoms with Crippen molar-refractivity contribution in [2.45, 2.75) is 30.8 Å². The minimum atomic E-state index is -3.48. The number of aryl methyl sites for hydroxylation is 1. The number of carbonyl (C=O) groups excluding carboxylic acids is 2. The molecule has 4 aromatic rings. The van der Waals surface area contributed by atoms with E-state index in [0.29, 0.717) is 33.2 Å². The Balaban J connectivity index is 1.56.